The van der Waals surface area contributed by atoms with Gasteiger partial charge in [0.15, 0.2) is 5.75 Å². The maximum Gasteiger partial charge on any atom is 0.255 e. The summed E-state index contributed by atoms with van der Waals surface area (Å²) in [6.45, 7) is 5.26. The van der Waals surface area contributed by atoms with Crippen LogP contribution in [0.25, 0.3) is 11.3 Å². The summed E-state index contributed by atoms with van der Waals surface area (Å²) in [5, 5.41) is 7.20. The second-order valence-electron chi connectivity index (χ2n) is 11.1. The van der Waals surface area contributed by atoms with Gasteiger partial charge in [-0.05, 0) is 51.3 Å². The normalized spacial score (nSPS) is 21.0. The molecule has 3 aromatic rings. The second-order valence-corrected chi connectivity index (χ2v) is 11.5. The molecule has 1 saturated carbocycles. The Morgan fingerprint density at radius 3 is 2.82 bits per heavy atom. The van der Waals surface area contributed by atoms with Gasteiger partial charge in [-0.1, -0.05) is 17.7 Å². The maximum absolute atomic E-state index is 13.5. The van der Waals surface area contributed by atoms with Gasteiger partial charge >= 0.3 is 0 Å². The molecule has 4 heterocycles. The molecular weight excluding hydrogens is 520 g/mol. The van der Waals surface area contributed by atoms with Crippen molar-refractivity contribution in [3.05, 3.63) is 52.9 Å². The first-order valence-electron chi connectivity index (χ1n) is 13.3. The Hall–Kier alpha value is -3.27. The molecule has 10 heteroatoms. The van der Waals surface area contributed by atoms with Crippen molar-refractivity contribution in [2.45, 2.75) is 56.8 Å². The van der Waals surface area contributed by atoms with Crippen LogP contribution in [-0.4, -0.2) is 60.0 Å². The van der Waals surface area contributed by atoms with Crippen LogP contribution >= 0.6 is 11.6 Å². The quantitative estimate of drug-likeness (QED) is 0.367. The third-order valence-electron chi connectivity index (χ3n) is 7.75. The molecular formula is C29H33ClN4O5. The van der Waals surface area contributed by atoms with E-state index in [-0.39, 0.29) is 23.2 Å². The molecule has 0 unspecified atom stereocenters. The van der Waals surface area contributed by atoms with Gasteiger partial charge in [0.1, 0.15) is 18.5 Å². The average Bonchev–Trinajstić information content (AvgIpc) is 3.25. The fraction of sp³-hybridized carbons (Fsp3) is 0.448. The van der Waals surface area contributed by atoms with Gasteiger partial charge in [-0.3, -0.25) is 9.78 Å². The minimum Gasteiger partial charge on any atom is -0.493 e. The van der Waals surface area contributed by atoms with E-state index in [9.17, 15) is 4.79 Å². The number of nitrogens with zero attached hydrogens (tertiary/aromatic N) is 1. The van der Waals surface area contributed by atoms with Gasteiger partial charge < -0.3 is 34.6 Å². The number of methoxy groups -OCH3 is 1. The SMILES string of the molecule is COc1c(Cl)cccc1Nc1c(-c2ccncc2OC[C@@H]2COC(C)(C)CO2)[nH]c2c1C(=O)NC1(CCC1)C2. The van der Waals surface area contributed by atoms with E-state index in [4.69, 9.17) is 30.5 Å². The molecule has 0 bridgehead atoms. The fourth-order valence-electron chi connectivity index (χ4n) is 5.51. The number of rotatable bonds is 7. The predicted octanol–water partition coefficient (Wildman–Crippen LogP) is 5.26. The number of benzene rings is 1. The van der Waals surface area contributed by atoms with Crippen molar-refractivity contribution in [3.63, 3.8) is 0 Å². The summed E-state index contributed by atoms with van der Waals surface area (Å²) in [6.07, 6.45) is 6.99. The van der Waals surface area contributed by atoms with Gasteiger partial charge in [0.25, 0.3) is 5.91 Å². The molecule has 3 aliphatic rings. The molecule has 3 N–H and O–H groups in total. The van der Waals surface area contributed by atoms with Gasteiger partial charge in [0.2, 0.25) is 0 Å². The van der Waals surface area contributed by atoms with Crippen LogP contribution in [0.4, 0.5) is 11.4 Å². The van der Waals surface area contributed by atoms with Crippen molar-refractivity contribution >= 4 is 28.9 Å². The number of amides is 1. The van der Waals surface area contributed by atoms with Crippen LogP contribution in [0.3, 0.4) is 0 Å². The lowest BCUT2D eigenvalue weighted by atomic mass is 9.71. The van der Waals surface area contributed by atoms with Crippen LogP contribution in [-0.2, 0) is 15.9 Å². The average molecular weight is 553 g/mol. The zero-order valence-corrected chi connectivity index (χ0v) is 23.1. The van der Waals surface area contributed by atoms with E-state index in [1.807, 2.05) is 32.0 Å². The van der Waals surface area contributed by atoms with E-state index in [0.717, 1.165) is 42.6 Å². The number of halogens is 1. The first-order chi connectivity index (χ1) is 18.8. The Kier molecular flexibility index (Phi) is 6.69. The Morgan fingerprint density at radius 2 is 2.10 bits per heavy atom. The number of pyridine rings is 1. The highest BCUT2D eigenvalue weighted by Crippen LogP contribution is 2.46. The molecule has 2 aliphatic heterocycles. The van der Waals surface area contributed by atoms with Crippen LogP contribution in [0.15, 0.2) is 36.7 Å². The standard InChI is InChI=1S/C29H33ClN4O5/c1-28(2)16-38-17(15-39-28)14-37-22-13-31-11-8-18(22)24-25(32-20-7-4-6-19(30)26(20)36-3)23-21(33-24)12-29(9-5-10-29)34-27(23)35/h4,6-8,11,13,17,32-33H,5,9-10,12,14-16H2,1-3H3,(H,34,35)/t17-/m1/s1. The maximum atomic E-state index is 13.5. The van der Waals surface area contributed by atoms with Crippen LogP contribution in [0.5, 0.6) is 11.5 Å². The summed E-state index contributed by atoms with van der Waals surface area (Å²) in [7, 11) is 1.57. The van der Waals surface area contributed by atoms with Crippen LogP contribution in [0, 0.1) is 0 Å². The number of anilines is 2. The molecule has 6 rings (SSSR count). The van der Waals surface area contributed by atoms with E-state index < -0.39 is 0 Å². The second kappa shape index (κ2) is 10.0. The van der Waals surface area contributed by atoms with Crippen molar-refractivity contribution in [1.82, 2.24) is 15.3 Å². The minimum atomic E-state index is -0.306. The summed E-state index contributed by atoms with van der Waals surface area (Å²) in [5.41, 5.74) is 3.78. The zero-order chi connectivity index (χ0) is 27.2. The molecule has 2 fully saturated rings. The van der Waals surface area contributed by atoms with Crippen LogP contribution < -0.4 is 20.1 Å². The van der Waals surface area contributed by atoms with Crippen molar-refractivity contribution in [2.75, 3.05) is 32.2 Å². The summed E-state index contributed by atoms with van der Waals surface area (Å²) in [6, 6.07) is 7.35. The van der Waals surface area contributed by atoms with Crippen LogP contribution in [0.2, 0.25) is 5.02 Å². The lowest BCUT2D eigenvalue weighted by molar-refractivity contribution is -0.181. The van der Waals surface area contributed by atoms with Crippen molar-refractivity contribution < 1.29 is 23.7 Å². The molecule has 1 spiro atoms. The molecule has 1 amide bonds. The van der Waals surface area contributed by atoms with Gasteiger partial charge in [0.05, 0.1) is 59.8 Å². The number of carbonyl (C=O) groups is 1. The number of fused-ring (bicyclic) bond motifs is 1. The lowest BCUT2D eigenvalue weighted by Gasteiger charge is -2.45. The Bertz CT molecular complexity index is 1390. The molecule has 1 atom stereocenters. The van der Waals surface area contributed by atoms with E-state index in [0.29, 0.717) is 53.3 Å². The monoisotopic (exact) mass is 552 g/mol. The predicted molar refractivity (Wildman–Crippen MR) is 148 cm³/mol. The molecule has 1 aliphatic carbocycles. The third-order valence-corrected chi connectivity index (χ3v) is 8.04. The zero-order valence-electron chi connectivity index (χ0n) is 22.4. The summed E-state index contributed by atoms with van der Waals surface area (Å²) in [5.74, 6) is 0.966. The lowest BCUT2D eigenvalue weighted by Crippen LogP contribution is -2.57. The van der Waals surface area contributed by atoms with E-state index in [1.165, 1.54) is 0 Å². The highest BCUT2D eigenvalue weighted by atomic mass is 35.5. The Balaban J connectivity index is 1.38. The first-order valence-corrected chi connectivity index (χ1v) is 13.6. The molecule has 0 radical (unpaired) electrons. The minimum absolute atomic E-state index is 0.103. The largest absolute Gasteiger partial charge is 0.493 e. The Labute approximate surface area is 232 Å². The van der Waals surface area contributed by atoms with Crippen molar-refractivity contribution in [3.8, 4) is 22.8 Å². The number of hydrogen-bond acceptors (Lipinski definition) is 7. The number of para-hydroxylation sites is 1. The van der Waals surface area contributed by atoms with Crippen molar-refractivity contribution in [1.29, 1.82) is 0 Å². The topological polar surface area (TPSA) is 107 Å². The molecule has 206 valence electrons. The number of aromatic amines is 1. The number of nitrogens with one attached hydrogen (secondary N) is 3. The van der Waals surface area contributed by atoms with Gasteiger partial charge in [-0.2, -0.15) is 0 Å². The highest BCUT2D eigenvalue weighted by molar-refractivity contribution is 6.32. The molecule has 39 heavy (non-hydrogen) atoms. The van der Waals surface area contributed by atoms with Gasteiger partial charge in [-0.15, -0.1) is 0 Å². The van der Waals surface area contributed by atoms with E-state index >= 15 is 0 Å². The van der Waals surface area contributed by atoms with Crippen molar-refractivity contribution in [2.24, 2.45) is 0 Å². The summed E-state index contributed by atoms with van der Waals surface area (Å²) < 4.78 is 23.7. The third kappa shape index (κ3) is 4.95. The molecule has 1 saturated heterocycles. The Morgan fingerprint density at radius 1 is 1.26 bits per heavy atom. The van der Waals surface area contributed by atoms with E-state index in [1.54, 1.807) is 25.6 Å². The smallest absolute Gasteiger partial charge is 0.255 e. The number of ether oxygens (including phenoxy) is 4. The molecule has 1 aromatic carbocycles. The molecule has 9 nitrogen and oxygen atoms in total. The number of H-pyrrole nitrogens is 1. The fourth-order valence-corrected chi connectivity index (χ4v) is 5.76. The number of carbonyl (C=O) groups excluding carboxylic acids is 1. The van der Waals surface area contributed by atoms with E-state index in [2.05, 4.69) is 20.6 Å². The number of aromatic nitrogens is 2. The number of hydrogen-bond donors (Lipinski definition) is 3. The van der Waals surface area contributed by atoms with Crippen LogP contribution in [0.1, 0.15) is 49.2 Å². The first kappa shape index (κ1) is 26.0. The van der Waals surface area contributed by atoms with Gasteiger partial charge in [-0.25, -0.2) is 0 Å². The summed E-state index contributed by atoms with van der Waals surface area (Å²) >= 11 is 6.42. The summed E-state index contributed by atoms with van der Waals surface area (Å²) in [4.78, 5) is 21.4. The molecule has 2 aromatic heterocycles. The van der Waals surface area contributed by atoms with Gasteiger partial charge in [0, 0.05) is 29.4 Å². The highest BCUT2D eigenvalue weighted by Gasteiger charge is 2.45.